The van der Waals surface area contributed by atoms with Crippen molar-refractivity contribution in [3.8, 4) is 0 Å². The topological polar surface area (TPSA) is 66.5 Å². The fourth-order valence-corrected chi connectivity index (χ4v) is 5.61. The molecule has 3 aromatic rings. The van der Waals surface area contributed by atoms with Gasteiger partial charge in [0.1, 0.15) is 0 Å². The average Bonchev–Trinajstić information content (AvgIpc) is 2.78. The van der Waals surface area contributed by atoms with E-state index < -0.39 is 15.9 Å². The molecule has 0 bridgehead atoms. The van der Waals surface area contributed by atoms with Crippen molar-refractivity contribution in [2.24, 2.45) is 0 Å². The maximum Gasteiger partial charge on any atom is 0.243 e. The zero-order valence-electron chi connectivity index (χ0n) is 20.5. The number of hydrogen-bond acceptors (Lipinski definition) is 3. The average molecular weight is 534 g/mol. The third-order valence-corrected chi connectivity index (χ3v) is 8.59. The minimum Gasteiger partial charge on any atom is -0.348 e. The molecule has 35 heavy (non-hydrogen) atoms. The smallest absolute Gasteiger partial charge is 0.243 e. The first-order valence-electron chi connectivity index (χ1n) is 11.3. The molecule has 0 unspecified atom stereocenters. The van der Waals surface area contributed by atoms with Gasteiger partial charge in [-0.05, 0) is 86.7 Å². The molecule has 0 aromatic heterocycles. The lowest BCUT2D eigenvalue weighted by Crippen LogP contribution is -2.41. The van der Waals surface area contributed by atoms with E-state index in [0.29, 0.717) is 15.6 Å². The predicted octanol–water partition coefficient (Wildman–Crippen LogP) is 6.30. The molecule has 8 heteroatoms. The van der Waals surface area contributed by atoms with Crippen molar-refractivity contribution in [2.45, 2.75) is 52.1 Å². The van der Waals surface area contributed by atoms with Crippen LogP contribution in [0.15, 0.2) is 59.5 Å². The molecule has 0 saturated heterocycles. The lowest BCUT2D eigenvalue weighted by Gasteiger charge is -2.24. The molecule has 1 atom stereocenters. The van der Waals surface area contributed by atoms with Crippen LogP contribution in [0.2, 0.25) is 10.0 Å². The highest BCUT2D eigenvalue weighted by Crippen LogP contribution is 2.26. The predicted molar refractivity (Wildman–Crippen MR) is 142 cm³/mol. The minimum absolute atomic E-state index is 0.0302. The summed E-state index contributed by atoms with van der Waals surface area (Å²) in [5.41, 5.74) is 5.95. The van der Waals surface area contributed by atoms with Crippen LogP contribution < -0.4 is 5.32 Å². The second-order valence-electron chi connectivity index (χ2n) is 8.92. The molecule has 3 aromatic carbocycles. The molecule has 0 spiro atoms. The number of carbonyl (C=O) groups is 1. The van der Waals surface area contributed by atoms with Crippen LogP contribution in [0.4, 0.5) is 0 Å². The molecule has 0 fully saturated rings. The number of sulfonamides is 1. The molecule has 1 amide bonds. The lowest BCUT2D eigenvalue weighted by molar-refractivity contribution is -0.122. The van der Waals surface area contributed by atoms with Gasteiger partial charge < -0.3 is 5.32 Å². The van der Waals surface area contributed by atoms with Crippen molar-refractivity contribution in [1.82, 2.24) is 9.62 Å². The van der Waals surface area contributed by atoms with Crippen LogP contribution in [0.25, 0.3) is 0 Å². The Morgan fingerprint density at radius 3 is 2.14 bits per heavy atom. The molecule has 0 aliphatic rings. The molecular formula is C27H30Cl2N2O3S. The van der Waals surface area contributed by atoms with Gasteiger partial charge in [0.25, 0.3) is 0 Å². The molecule has 0 saturated carbocycles. The Bertz CT molecular complexity index is 1340. The molecule has 0 aliphatic heterocycles. The summed E-state index contributed by atoms with van der Waals surface area (Å²) >= 11 is 12.2. The lowest BCUT2D eigenvalue weighted by atomic mass is 9.96. The number of rotatable bonds is 8. The fourth-order valence-electron chi connectivity index (χ4n) is 3.90. The van der Waals surface area contributed by atoms with Gasteiger partial charge in [0.15, 0.2) is 0 Å². The maximum absolute atomic E-state index is 13.5. The van der Waals surface area contributed by atoms with Gasteiger partial charge in [0.05, 0.1) is 27.5 Å². The highest BCUT2D eigenvalue weighted by molar-refractivity contribution is 7.89. The Hall–Kier alpha value is -2.38. The Labute approximate surface area is 218 Å². The van der Waals surface area contributed by atoms with E-state index in [0.717, 1.165) is 26.6 Å². The largest absolute Gasteiger partial charge is 0.348 e. The van der Waals surface area contributed by atoms with E-state index >= 15 is 0 Å². The van der Waals surface area contributed by atoms with Gasteiger partial charge in [-0.25, -0.2) is 8.42 Å². The van der Waals surface area contributed by atoms with Gasteiger partial charge in [-0.3, -0.25) is 4.79 Å². The van der Waals surface area contributed by atoms with Crippen molar-refractivity contribution in [3.63, 3.8) is 0 Å². The first kappa shape index (κ1) is 27.2. The van der Waals surface area contributed by atoms with Crippen molar-refractivity contribution in [2.75, 3.05) is 6.54 Å². The van der Waals surface area contributed by atoms with E-state index in [1.807, 2.05) is 34.6 Å². The normalized spacial score (nSPS) is 12.6. The summed E-state index contributed by atoms with van der Waals surface area (Å²) in [4.78, 5) is 13.2. The maximum atomic E-state index is 13.5. The third-order valence-electron chi connectivity index (χ3n) is 6.05. The Balaban J connectivity index is 1.88. The number of halogens is 2. The molecular weight excluding hydrogens is 503 g/mol. The van der Waals surface area contributed by atoms with Gasteiger partial charge in [-0.2, -0.15) is 4.31 Å². The summed E-state index contributed by atoms with van der Waals surface area (Å²) in [6.45, 7) is 9.48. The SMILES string of the molecule is Cc1ccc(S(=O)(=O)N(CC(=O)N[C@@H](C)c2cc(C)c(C)cc2C)Cc2ccc(Cl)c(Cl)c2)cc1. The molecule has 186 valence electrons. The van der Waals surface area contributed by atoms with E-state index in [9.17, 15) is 13.2 Å². The molecule has 3 rings (SSSR count). The number of benzene rings is 3. The zero-order chi connectivity index (χ0) is 25.9. The zero-order valence-corrected chi connectivity index (χ0v) is 22.9. The first-order valence-corrected chi connectivity index (χ1v) is 13.5. The summed E-state index contributed by atoms with van der Waals surface area (Å²) in [7, 11) is -3.96. The standard InChI is InChI=1S/C27H30Cl2N2O3S/c1-17-6-9-23(10-7-17)35(33,34)31(15-22-8-11-25(28)26(29)14-22)16-27(32)30-21(5)24-13-19(3)18(2)12-20(24)4/h6-14,21H,15-16H2,1-5H3,(H,30,32)/t21-/m0/s1. The minimum atomic E-state index is -3.96. The van der Waals surface area contributed by atoms with Gasteiger partial charge in [-0.15, -0.1) is 0 Å². The van der Waals surface area contributed by atoms with Crippen molar-refractivity contribution in [1.29, 1.82) is 0 Å². The molecule has 0 heterocycles. The molecule has 0 aliphatic carbocycles. The van der Waals surface area contributed by atoms with Gasteiger partial charge in [-0.1, -0.05) is 59.1 Å². The second-order valence-corrected chi connectivity index (χ2v) is 11.7. The van der Waals surface area contributed by atoms with Crippen LogP contribution in [0.3, 0.4) is 0 Å². The summed E-state index contributed by atoms with van der Waals surface area (Å²) < 4.78 is 28.2. The van der Waals surface area contributed by atoms with Gasteiger partial charge >= 0.3 is 0 Å². The van der Waals surface area contributed by atoms with E-state index in [-0.39, 0.29) is 24.0 Å². The van der Waals surface area contributed by atoms with Crippen LogP contribution in [-0.2, 0) is 21.4 Å². The number of amides is 1. The number of hydrogen-bond donors (Lipinski definition) is 1. The highest BCUT2D eigenvalue weighted by atomic mass is 35.5. The van der Waals surface area contributed by atoms with Crippen LogP contribution >= 0.6 is 23.2 Å². The van der Waals surface area contributed by atoms with E-state index in [4.69, 9.17) is 23.2 Å². The van der Waals surface area contributed by atoms with Gasteiger partial charge in [0.2, 0.25) is 15.9 Å². The number of carbonyl (C=O) groups excluding carboxylic acids is 1. The van der Waals surface area contributed by atoms with E-state index in [1.165, 1.54) is 5.56 Å². The Kier molecular flexibility index (Phi) is 8.65. The monoisotopic (exact) mass is 532 g/mol. The summed E-state index contributed by atoms with van der Waals surface area (Å²) in [5.74, 6) is -0.397. The quantitative estimate of drug-likeness (QED) is 0.370. The number of nitrogens with one attached hydrogen (secondary N) is 1. The summed E-state index contributed by atoms with van der Waals surface area (Å²) in [5, 5.41) is 3.65. The van der Waals surface area contributed by atoms with E-state index in [1.54, 1.807) is 42.5 Å². The third kappa shape index (κ3) is 6.64. The summed E-state index contributed by atoms with van der Waals surface area (Å²) in [6.07, 6.45) is 0. The van der Waals surface area contributed by atoms with Crippen molar-refractivity contribution < 1.29 is 13.2 Å². The van der Waals surface area contributed by atoms with E-state index in [2.05, 4.69) is 17.4 Å². The Morgan fingerprint density at radius 2 is 1.51 bits per heavy atom. The highest BCUT2D eigenvalue weighted by Gasteiger charge is 2.28. The van der Waals surface area contributed by atoms with Gasteiger partial charge in [0, 0.05) is 6.54 Å². The van der Waals surface area contributed by atoms with Crippen LogP contribution in [0.5, 0.6) is 0 Å². The molecule has 5 nitrogen and oxygen atoms in total. The first-order chi connectivity index (χ1) is 16.4. The second kappa shape index (κ2) is 11.1. The van der Waals surface area contributed by atoms with Crippen molar-refractivity contribution in [3.05, 3.63) is 98.0 Å². The number of aryl methyl sites for hydroxylation is 4. The van der Waals surface area contributed by atoms with Crippen molar-refractivity contribution >= 4 is 39.1 Å². The van der Waals surface area contributed by atoms with Crippen LogP contribution in [0, 0.1) is 27.7 Å². The Morgan fingerprint density at radius 1 is 0.886 bits per heavy atom. The molecule has 1 N–H and O–H groups in total. The van der Waals surface area contributed by atoms with Crippen LogP contribution in [-0.4, -0.2) is 25.2 Å². The molecule has 0 radical (unpaired) electrons. The fraction of sp³-hybridized carbons (Fsp3) is 0.296. The number of nitrogens with zero attached hydrogens (tertiary/aromatic N) is 1. The summed E-state index contributed by atoms with van der Waals surface area (Å²) in [6, 6.07) is 15.3. The van der Waals surface area contributed by atoms with Crippen LogP contribution in [0.1, 0.15) is 46.3 Å².